The summed E-state index contributed by atoms with van der Waals surface area (Å²) < 4.78 is 67.3. The van der Waals surface area contributed by atoms with Crippen molar-refractivity contribution in [1.29, 1.82) is 0 Å². The monoisotopic (exact) mass is 484 g/mol. The van der Waals surface area contributed by atoms with Gasteiger partial charge in [0.05, 0.1) is 10.5 Å². The molecule has 0 radical (unpaired) electrons. The van der Waals surface area contributed by atoms with E-state index < -0.39 is 38.3 Å². The van der Waals surface area contributed by atoms with Crippen LogP contribution in [0.2, 0.25) is 0 Å². The number of carbonyl (C=O) groups excluding carboxylic acids is 1. The van der Waals surface area contributed by atoms with Crippen molar-refractivity contribution in [1.82, 2.24) is 0 Å². The lowest BCUT2D eigenvalue weighted by atomic mass is 10.2. The average molecular weight is 485 g/mol. The minimum Gasteiger partial charge on any atom is -0.322 e. The molecule has 0 saturated heterocycles. The van der Waals surface area contributed by atoms with Gasteiger partial charge in [-0.05, 0) is 60.7 Å². The minimum atomic E-state index is -4.14. The largest absolute Gasteiger partial charge is 0.322 e. The third-order valence-electron chi connectivity index (χ3n) is 3.77. The fraction of sp³-hybridized carbons (Fsp3) is 0. The molecule has 2 N–H and O–H groups in total. The number of sulfonamides is 1. The number of nitrogens with one attached hydrogen (secondary N) is 2. The predicted molar refractivity (Wildman–Crippen MR) is 106 cm³/mol. The molecular weight excluding hydrogens is 473 g/mol. The average Bonchev–Trinajstić information content (AvgIpc) is 2.65. The van der Waals surface area contributed by atoms with E-state index in [0.717, 1.165) is 12.1 Å². The van der Waals surface area contributed by atoms with Gasteiger partial charge in [-0.1, -0.05) is 15.9 Å². The molecule has 0 aliphatic rings. The number of anilines is 2. The van der Waals surface area contributed by atoms with Crippen LogP contribution < -0.4 is 10.0 Å². The van der Waals surface area contributed by atoms with Crippen LogP contribution >= 0.6 is 15.9 Å². The number of halogens is 4. The molecule has 29 heavy (non-hydrogen) atoms. The highest BCUT2D eigenvalue weighted by Crippen LogP contribution is 2.21. The maximum Gasteiger partial charge on any atom is 0.261 e. The number of rotatable bonds is 5. The number of amides is 1. The van der Waals surface area contributed by atoms with Crippen LogP contribution in [0.5, 0.6) is 0 Å². The summed E-state index contributed by atoms with van der Waals surface area (Å²) in [6, 6.07) is 11.7. The Balaban J connectivity index is 1.72. The van der Waals surface area contributed by atoms with Crippen molar-refractivity contribution in [2.75, 3.05) is 10.0 Å². The van der Waals surface area contributed by atoms with E-state index in [1.807, 2.05) is 0 Å². The van der Waals surface area contributed by atoms with Crippen molar-refractivity contribution in [2.45, 2.75) is 4.90 Å². The smallest absolute Gasteiger partial charge is 0.261 e. The molecule has 0 aliphatic carbocycles. The second kappa shape index (κ2) is 8.26. The Hall–Kier alpha value is -2.85. The maximum atomic E-state index is 13.9. The Morgan fingerprint density at radius 3 is 2.07 bits per heavy atom. The van der Waals surface area contributed by atoms with Crippen LogP contribution in [-0.2, 0) is 10.0 Å². The molecule has 0 atom stereocenters. The van der Waals surface area contributed by atoms with E-state index >= 15 is 0 Å². The molecule has 5 nitrogen and oxygen atoms in total. The zero-order valence-electron chi connectivity index (χ0n) is 14.4. The molecule has 1 amide bonds. The first-order valence-electron chi connectivity index (χ1n) is 8.00. The zero-order chi connectivity index (χ0) is 21.2. The van der Waals surface area contributed by atoms with Gasteiger partial charge in [-0.2, -0.15) is 0 Å². The minimum absolute atomic E-state index is 0.127. The van der Waals surface area contributed by atoms with E-state index in [4.69, 9.17) is 0 Å². The van der Waals surface area contributed by atoms with Crippen LogP contribution in [-0.4, -0.2) is 14.3 Å². The van der Waals surface area contributed by atoms with E-state index in [2.05, 4.69) is 26.0 Å². The highest BCUT2D eigenvalue weighted by molar-refractivity contribution is 9.10. The Morgan fingerprint density at radius 2 is 1.45 bits per heavy atom. The summed E-state index contributed by atoms with van der Waals surface area (Å²) in [5.74, 6) is -3.82. The molecular formula is C19H12BrF3N2O3S. The van der Waals surface area contributed by atoms with Gasteiger partial charge < -0.3 is 5.32 Å². The molecule has 0 aliphatic heterocycles. The summed E-state index contributed by atoms with van der Waals surface area (Å²) in [6.45, 7) is 0. The molecule has 0 unspecified atom stereocenters. The van der Waals surface area contributed by atoms with E-state index in [0.29, 0.717) is 22.3 Å². The van der Waals surface area contributed by atoms with Gasteiger partial charge in [-0.25, -0.2) is 21.6 Å². The molecule has 3 aromatic rings. The first-order valence-corrected chi connectivity index (χ1v) is 10.3. The molecule has 150 valence electrons. The summed E-state index contributed by atoms with van der Waals surface area (Å²) >= 11 is 3.10. The van der Waals surface area contributed by atoms with Gasteiger partial charge in [0.15, 0.2) is 11.6 Å². The summed E-state index contributed by atoms with van der Waals surface area (Å²) in [5.41, 5.74) is 0.270. The van der Waals surface area contributed by atoms with Crippen molar-refractivity contribution < 1.29 is 26.4 Å². The van der Waals surface area contributed by atoms with Crippen LogP contribution in [0.3, 0.4) is 0 Å². The Kier molecular flexibility index (Phi) is 5.94. The van der Waals surface area contributed by atoms with Gasteiger partial charge in [-0.15, -0.1) is 0 Å². The quantitative estimate of drug-likeness (QED) is 0.539. The van der Waals surface area contributed by atoms with Gasteiger partial charge in [-0.3, -0.25) is 9.52 Å². The van der Waals surface area contributed by atoms with Gasteiger partial charge in [0.1, 0.15) is 5.82 Å². The number of hydrogen-bond donors (Lipinski definition) is 2. The van der Waals surface area contributed by atoms with Crippen LogP contribution in [0, 0.1) is 17.5 Å². The molecule has 0 spiro atoms. The van der Waals surface area contributed by atoms with E-state index in [1.165, 1.54) is 36.4 Å². The van der Waals surface area contributed by atoms with E-state index in [1.54, 1.807) is 0 Å². The Bertz CT molecular complexity index is 1190. The molecule has 3 rings (SSSR count). The molecule has 0 fully saturated rings. The predicted octanol–water partition coefficient (Wildman–Crippen LogP) is 4.92. The lowest BCUT2D eigenvalue weighted by Gasteiger charge is -2.10. The van der Waals surface area contributed by atoms with Crippen molar-refractivity contribution in [3.8, 4) is 0 Å². The zero-order valence-corrected chi connectivity index (χ0v) is 16.8. The van der Waals surface area contributed by atoms with Crippen molar-refractivity contribution >= 4 is 43.2 Å². The van der Waals surface area contributed by atoms with Gasteiger partial charge >= 0.3 is 0 Å². The lowest BCUT2D eigenvalue weighted by Crippen LogP contribution is -2.15. The molecule has 0 bridgehead atoms. The molecule has 0 saturated carbocycles. The molecule has 0 aromatic heterocycles. The summed E-state index contributed by atoms with van der Waals surface area (Å²) in [4.78, 5) is 11.7. The second-order valence-electron chi connectivity index (χ2n) is 5.84. The van der Waals surface area contributed by atoms with Crippen molar-refractivity contribution in [2.24, 2.45) is 0 Å². The fourth-order valence-electron chi connectivity index (χ4n) is 2.35. The van der Waals surface area contributed by atoms with Crippen LogP contribution in [0.25, 0.3) is 0 Å². The third kappa shape index (κ3) is 4.96. The number of carbonyl (C=O) groups is 1. The summed E-state index contributed by atoms with van der Waals surface area (Å²) in [5, 5.41) is 2.49. The lowest BCUT2D eigenvalue weighted by molar-refractivity contribution is 0.102. The number of benzene rings is 3. The number of hydrogen-bond acceptors (Lipinski definition) is 3. The molecule has 0 heterocycles. The fourth-order valence-corrected chi connectivity index (χ4v) is 3.75. The van der Waals surface area contributed by atoms with Crippen molar-refractivity contribution in [3.63, 3.8) is 0 Å². The summed E-state index contributed by atoms with van der Waals surface area (Å²) in [6.07, 6.45) is 0. The first-order chi connectivity index (χ1) is 13.7. The SMILES string of the molecule is O=C(Nc1ccc(NS(=O)(=O)c2ccc(F)c(F)c2)cc1)c1ccc(Br)cc1F. The first kappa shape index (κ1) is 20.9. The molecule has 3 aromatic carbocycles. The van der Waals surface area contributed by atoms with Crippen LogP contribution in [0.4, 0.5) is 24.5 Å². The highest BCUT2D eigenvalue weighted by atomic mass is 79.9. The Labute approximate surface area is 172 Å². The molecule has 10 heteroatoms. The van der Waals surface area contributed by atoms with Crippen LogP contribution in [0.1, 0.15) is 10.4 Å². The highest BCUT2D eigenvalue weighted by Gasteiger charge is 2.17. The van der Waals surface area contributed by atoms with E-state index in [9.17, 15) is 26.4 Å². The topological polar surface area (TPSA) is 75.3 Å². The maximum absolute atomic E-state index is 13.9. The van der Waals surface area contributed by atoms with Gasteiger partial charge in [0, 0.05) is 15.8 Å². The van der Waals surface area contributed by atoms with Crippen LogP contribution in [0.15, 0.2) is 70.0 Å². The van der Waals surface area contributed by atoms with Gasteiger partial charge in [0.25, 0.3) is 15.9 Å². The standard InChI is InChI=1S/C19H12BrF3N2O3S/c20-11-1-7-15(17(22)9-11)19(26)24-12-2-4-13(5-3-12)25-29(27,28)14-6-8-16(21)18(23)10-14/h1-10,25H,(H,24,26). The van der Waals surface area contributed by atoms with Gasteiger partial charge in [0.2, 0.25) is 0 Å². The summed E-state index contributed by atoms with van der Waals surface area (Å²) in [7, 11) is -4.14. The Morgan fingerprint density at radius 1 is 0.793 bits per heavy atom. The second-order valence-corrected chi connectivity index (χ2v) is 8.44. The van der Waals surface area contributed by atoms with E-state index in [-0.39, 0.29) is 11.3 Å². The van der Waals surface area contributed by atoms with Crippen molar-refractivity contribution in [3.05, 3.63) is 88.2 Å². The normalized spacial score (nSPS) is 11.2. The third-order valence-corrected chi connectivity index (χ3v) is 5.64.